The summed E-state index contributed by atoms with van der Waals surface area (Å²) in [5, 5.41) is 5.04. The van der Waals surface area contributed by atoms with Gasteiger partial charge in [-0.05, 0) is 12.5 Å². The van der Waals surface area contributed by atoms with Crippen LogP contribution in [-0.4, -0.2) is 17.1 Å². The van der Waals surface area contributed by atoms with Crippen molar-refractivity contribution < 1.29 is 4.79 Å². The van der Waals surface area contributed by atoms with Crippen molar-refractivity contribution in [1.29, 1.82) is 0 Å². The van der Waals surface area contributed by atoms with Crippen molar-refractivity contribution in [3.63, 3.8) is 0 Å². The van der Waals surface area contributed by atoms with Crippen LogP contribution in [0.5, 0.6) is 0 Å². The van der Waals surface area contributed by atoms with Crippen LogP contribution in [0.3, 0.4) is 0 Å². The van der Waals surface area contributed by atoms with Crippen LogP contribution in [0, 0.1) is 0 Å². The first kappa shape index (κ1) is 11.4. The second-order valence-corrected chi connectivity index (χ2v) is 3.83. The van der Waals surface area contributed by atoms with Gasteiger partial charge in [0.15, 0.2) is 0 Å². The standard InChI is InChI=1S/C13H15N3O/c1-2-5-13(17)16-15-9-10-8-14-12-7-4-3-6-11(10)12/h3-4,6-9,14H,2,5H2,1H3,(H,16,17)/b15-9+. The highest BCUT2D eigenvalue weighted by molar-refractivity contribution is 5.99. The van der Waals surface area contributed by atoms with Crippen LogP contribution < -0.4 is 5.43 Å². The summed E-state index contributed by atoms with van der Waals surface area (Å²) in [5.41, 5.74) is 4.54. The van der Waals surface area contributed by atoms with Gasteiger partial charge in [0, 0.05) is 29.1 Å². The smallest absolute Gasteiger partial charge is 0.240 e. The fourth-order valence-electron chi connectivity index (χ4n) is 1.66. The number of benzene rings is 1. The van der Waals surface area contributed by atoms with E-state index in [0.717, 1.165) is 22.9 Å². The van der Waals surface area contributed by atoms with Gasteiger partial charge in [-0.3, -0.25) is 4.79 Å². The number of rotatable bonds is 4. The van der Waals surface area contributed by atoms with Crippen LogP contribution in [0.4, 0.5) is 0 Å². The minimum atomic E-state index is -0.0522. The third-order valence-corrected chi connectivity index (χ3v) is 2.49. The molecule has 0 radical (unpaired) electrons. The number of carbonyl (C=O) groups excluding carboxylic acids is 1. The van der Waals surface area contributed by atoms with E-state index in [2.05, 4.69) is 15.5 Å². The number of hydrazone groups is 1. The van der Waals surface area contributed by atoms with Gasteiger partial charge >= 0.3 is 0 Å². The number of aromatic nitrogens is 1. The number of aromatic amines is 1. The van der Waals surface area contributed by atoms with Crippen molar-refractivity contribution in [3.8, 4) is 0 Å². The van der Waals surface area contributed by atoms with Crippen LogP contribution in [0.25, 0.3) is 10.9 Å². The molecule has 0 unspecified atom stereocenters. The Bertz CT molecular complexity index is 542. The number of para-hydroxylation sites is 1. The highest BCUT2D eigenvalue weighted by Crippen LogP contribution is 2.15. The number of hydrogen-bond acceptors (Lipinski definition) is 2. The first-order valence-corrected chi connectivity index (χ1v) is 5.69. The molecule has 88 valence electrons. The third kappa shape index (κ3) is 2.72. The lowest BCUT2D eigenvalue weighted by Crippen LogP contribution is -2.16. The summed E-state index contributed by atoms with van der Waals surface area (Å²) in [6.07, 6.45) is 4.87. The highest BCUT2D eigenvalue weighted by Gasteiger charge is 2.00. The van der Waals surface area contributed by atoms with Gasteiger partial charge in [0.05, 0.1) is 6.21 Å². The molecular weight excluding hydrogens is 214 g/mol. The average Bonchev–Trinajstić information content (AvgIpc) is 2.73. The van der Waals surface area contributed by atoms with E-state index in [0.29, 0.717) is 6.42 Å². The molecule has 1 heterocycles. The second kappa shape index (κ2) is 5.30. The zero-order chi connectivity index (χ0) is 12.1. The van der Waals surface area contributed by atoms with Crippen molar-refractivity contribution in [1.82, 2.24) is 10.4 Å². The fourth-order valence-corrected chi connectivity index (χ4v) is 1.66. The van der Waals surface area contributed by atoms with Gasteiger partial charge in [-0.25, -0.2) is 5.43 Å². The molecule has 0 aliphatic carbocycles. The maximum Gasteiger partial charge on any atom is 0.240 e. The Labute approximate surface area is 99.7 Å². The molecule has 0 spiro atoms. The molecule has 1 aromatic heterocycles. The number of amides is 1. The SMILES string of the molecule is CCCC(=O)N/N=C/c1c[nH]c2ccccc12. The van der Waals surface area contributed by atoms with E-state index in [9.17, 15) is 4.79 Å². The van der Waals surface area contributed by atoms with Gasteiger partial charge in [0.2, 0.25) is 5.91 Å². The van der Waals surface area contributed by atoms with Crippen molar-refractivity contribution in [3.05, 3.63) is 36.0 Å². The molecule has 0 aliphatic rings. The number of nitrogens with one attached hydrogen (secondary N) is 2. The number of hydrogen-bond donors (Lipinski definition) is 2. The highest BCUT2D eigenvalue weighted by atomic mass is 16.2. The predicted octanol–water partition coefficient (Wildman–Crippen LogP) is 2.42. The van der Waals surface area contributed by atoms with Gasteiger partial charge in [-0.1, -0.05) is 25.1 Å². The summed E-state index contributed by atoms with van der Waals surface area (Å²) in [4.78, 5) is 14.3. The average molecular weight is 229 g/mol. The summed E-state index contributed by atoms with van der Waals surface area (Å²) < 4.78 is 0. The van der Waals surface area contributed by atoms with E-state index in [1.54, 1.807) is 6.21 Å². The molecule has 0 saturated carbocycles. The van der Waals surface area contributed by atoms with Crippen LogP contribution in [0.1, 0.15) is 25.3 Å². The lowest BCUT2D eigenvalue weighted by Gasteiger charge is -1.95. The third-order valence-electron chi connectivity index (χ3n) is 2.49. The number of fused-ring (bicyclic) bond motifs is 1. The number of nitrogens with zero attached hydrogens (tertiary/aromatic N) is 1. The summed E-state index contributed by atoms with van der Waals surface area (Å²) >= 11 is 0. The van der Waals surface area contributed by atoms with Gasteiger partial charge in [-0.2, -0.15) is 5.10 Å². The van der Waals surface area contributed by atoms with E-state index in [1.165, 1.54) is 0 Å². The van der Waals surface area contributed by atoms with Gasteiger partial charge in [0.25, 0.3) is 0 Å². The summed E-state index contributed by atoms with van der Waals surface area (Å²) in [6.45, 7) is 1.96. The maximum absolute atomic E-state index is 11.2. The first-order valence-electron chi connectivity index (χ1n) is 5.69. The molecule has 1 amide bonds. The molecular formula is C13H15N3O. The van der Waals surface area contributed by atoms with Crippen LogP contribution in [0.15, 0.2) is 35.6 Å². The van der Waals surface area contributed by atoms with Crippen molar-refractivity contribution in [2.75, 3.05) is 0 Å². The summed E-state index contributed by atoms with van der Waals surface area (Å²) in [5.74, 6) is -0.0522. The Hall–Kier alpha value is -2.10. The van der Waals surface area contributed by atoms with Crippen molar-refractivity contribution in [2.45, 2.75) is 19.8 Å². The summed E-state index contributed by atoms with van der Waals surface area (Å²) in [6, 6.07) is 7.97. The monoisotopic (exact) mass is 229 g/mol. The largest absolute Gasteiger partial charge is 0.361 e. The van der Waals surface area contributed by atoms with E-state index in [1.807, 2.05) is 37.4 Å². The van der Waals surface area contributed by atoms with Gasteiger partial charge in [-0.15, -0.1) is 0 Å². The normalized spacial score (nSPS) is 11.1. The van der Waals surface area contributed by atoms with Crippen molar-refractivity contribution in [2.24, 2.45) is 5.10 Å². The zero-order valence-electron chi connectivity index (χ0n) is 9.73. The lowest BCUT2D eigenvalue weighted by molar-refractivity contribution is -0.121. The Kier molecular flexibility index (Phi) is 3.55. The molecule has 0 fully saturated rings. The van der Waals surface area contributed by atoms with Crippen LogP contribution in [0.2, 0.25) is 0 Å². The molecule has 17 heavy (non-hydrogen) atoms. The molecule has 2 aromatic rings. The minimum absolute atomic E-state index is 0.0522. The molecule has 0 saturated heterocycles. The minimum Gasteiger partial charge on any atom is -0.361 e. The van der Waals surface area contributed by atoms with E-state index in [4.69, 9.17) is 0 Å². The Morgan fingerprint density at radius 3 is 3.12 bits per heavy atom. The van der Waals surface area contributed by atoms with Gasteiger partial charge in [0.1, 0.15) is 0 Å². The second-order valence-electron chi connectivity index (χ2n) is 3.83. The number of carbonyl (C=O) groups is 1. The van der Waals surface area contributed by atoms with E-state index >= 15 is 0 Å². The molecule has 0 bridgehead atoms. The van der Waals surface area contributed by atoms with E-state index in [-0.39, 0.29) is 5.91 Å². The predicted molar refractivity (Wildman–Crippen MR) is 68.9 cm³/mol. The molecule has 0 atom stereocenters. The molecule has 1 aromatic carbocycles. The number of H-pyrrole nitrogens is 1. The van der Waals surface area contributed by atoms with E-state index < -0.39 is 0 Å². The van der Waals surface area contributed by atoms with Gasteiger partial charge < -0.3 is 4.98 Å². The molecule has 2 rings (SSSR count). The Balaban J connectivity index is 2.08. The Morgan fingerprint density at radius 2 is 2.29 bits per heavy atom. The topological polar surface area (TPSA) is 57.2 Å². The van der Waals surface area contributed by atoms with Crippen LogP contribution >= 0.6 is 0 Å². The molecule has 4 heteroatoms. The Morgan fingerprint density at radius 1 is 1.47 bits per heavy atom. The molecule has 0 aliphatic heterocycles. The van der Waals surface area contributed by atoms with Crippen molar-refractivity contribution >= 4 is 23.0 Å². The lowest BCUT2D eigenvalue weighted by atomic mass is 10.2. The quantitative estimate of drug-likeness (QED) is 0.614. The summed E-state index contributed by atoms with van der Waals surface area (Å²) in [7, 11) is 0. The first-order chi connectivity index (χ1) is 8.31. The molecule has 2 N–H and O–H groups in total. The van der Waals surface area contributed by atoms with Crippen LogP contribution in [-0.2, 0) is 4.79 Å². The zero-order valence-corrected chi connectivity index (χ0v) is 9.73. The fraction of sp³-hybridized carbons (Fsp3) is 0.231. The maximum atomic E-state index is 11.2. The molecule has 4 nitrogen and oxygen atoms in total.